The van der Waals surface area contributed by atoms with Gasteiger partial charge in [0.1, 0.15) is 5.75 Å². The molecule has 1 aliphatic carbocycles. The zero-order valence-electron chi connectivity index (χ0n) is 11.5. The number of benzene rings is 1. The summed E-state index contributed by atoms with van der Waals surface area (Å²) in [5.74, 6) is -2.04. The Morgan fingerprint density at radius 2 is 1.95 bits per heavy atom. The third-order valence-electron chi connectivity index (χ3n) is 3.51. The molecule has 5 nitrogen and oxygen atoms in total. The Hall–Kier alpha value is -2.01. The zero-order chi connectivity index (χ0) is 15.4. The summed E-state index contributed by atoms with van der Waals surface area (Å²) in [6.45, 7) is 0. The van der Waals surface area contributed by atoms with Crippen molar-refractivity contribution < 1.29 is 19.4 Å². The third kappa shape index (κ3) is 3.76. The molecule has 2 rings (SSSR count). The number of rotatable bonds is 4. The number of hydrogen-bond donors (Lipinski definition) is 2. The molecule has 2 atom stereocenters. The van der Waals surface area contributed by atoms with Crippen LogP contribution in [0.5, 0.6) is 5.75 Å². The van der Waals surface area contributed by atoms with E-state index in [1.54, 1.807) is 37.5 Å². The topological polar surface area (TPSA) is 75.6 Å². The first-order valence-electron chi connectivity index (χ1n) is 6.53. The number of amides is 1. The van der Waals surface area contributed by atoms with Crippen LogP contribution in [0, 0.1) is 11.8 Å². The summed E-state index contributed by atoms with van der Waals surface area (Å²) >= 11 is 5.94. The van der Waals surface area contributed by atoms with Crippen LogP contribution in [-0.4, -0.2) is 24.1 Å². The van der Waals surface area contributed by atoms with Gasteiger partial charge in [-0.15, -0.1) is 0 Å². The first-order valence-corrected chi connectivity index (χ1v) is 6.91. The van der Waals surface area contributed by atoms with Gasteiger partial charge < -0.3 is 15.2 Å². The van der Waals surface area contributed by atoms with E-state index in [0.717, 1.165) is 0 Å². The molecule has 0 unspecified atom stereocenters. The van der Waals surface area contributed by atoms with Gasteiger partial charge in [-0.1, -0.05) is 17.7 Å². The maximum atomic E-state index is 12.3. The highest BCUT2D eigenvalue weighted by Gasteiger charge is 2.36. The van der Waals surface area contributed by atoms with Crippen molar-refractivity contribution >= 4 is 29.2 Å². The fourth-order valence-corrected chi connectivity index (χ4v) is 2.57. The van der Waals surface area contributed by atoms with Crippen molar-refractivity contribution in [3.05, 3.63) is 35.4 Å². The van der Waals surface area contributed by atoms with Gasteiger partial charge in [0.15, 0.2) is 0 Å². The van der Waals surface area contributed by atoms with Gasteiger partial charge in [-0.3, -0.25) is 9.59 Å². The van der Waals surface area contributed by atoms with Crippen LogP contribution in [0.15, 0.2) is 35.4 Å². The fourth-order valence-electron chi connectivity index (χ4n) is 2.31. The zero-order valence-corrected chi connectivity index (χ0v) is 12.3. The van der Waals surface area contributed by atoms with E-state index in [1.807, 2.05) is 0 Å². The van der Waals surface area contributed by atoms with Crippen LogP contribution in [0.2, 0.25) is 0 Å². The van der Waals surface area contributed by atoms with Gasteiger partial charge in [-0.05, 0) is 37.1 Å². The summed E-state index contributed by atoms with van der Waals surface area (Å²) < 4.78 is 5.04. The molecule has 0 saturated heterocycles. The van der Waals surface area contributed by atoms with Gasteiger partial charge in [0.05, 0.1) is 18.9 Å². The maximum Gasteiger partial charge on any atom is 0.307 e. The SMILES string of the molecule is COc1ccc(NC(=O)[C@@H]2CC(Cl)=CC[C@H]2C(=O)O)cc1. The third-order valence-corrected chi connectivity index (χ3v) is 3.81. The molecule has 1 aliphatic rings. The smallest absolute Gasteiger partial charge is 0.307 e. The van der Waals surface area contributed by atoms with Gasteiger partial charge >= 0.3 is 5.97 Å². The van der Waals surface area contributed by atoms with Crippen molar-refractivity contribution in [1.29, 1.82) is 0 Å². The first kappa shape index (κ1) is 15.4. The summed E-state index contributed by atoms with van der Waals surface area (Å²) in [5, 5.41) is 12.5. The second-order valence-electron chi connectivity index (χ2n) is 4.86. The van der Waals surface area contributed by atoms with Crippen molar-refractivity contribution in [3.8, 4) is 5.75 Å². The van der Waals surface area contributed by atoms with Crippen LogP contribution in [0.4, 0.5) is 5.69 Å². The van der Waals surface area contributed by atoms with E-state index in [9.17, 15) is 14.7 Å². The largest absolute Gasteiger partial charge is 0.497 e. The van der Waals surface area contributed by atoms with Crippen LogP contribution >= 0.6 is 11.6 Å². The number of methoxy groups -OCH3 is 1. The van der Waals surface area contributed by atoms with E-state index in [4.69, 9.17) is 16.3 Å². The molecular formula is C15H16ClNO4. The Kier molecular flexibility index (Phi) is 4.85. The molecule has 1 aromatic rings. The average molecular weight is 310 g/mol. The maximum absolute atomic E-state index is 12.3. The number of carboxylic acids is 1. The lowest BCUT2D eigenvalue weighted by molar-refractivity contribution is -0.146. The van der Waals surface area contributed by atoms with Gasteiger partial charge in [-0.2, -0.15) is 0 Å². The minimum atomic E-state index is -0.981. The highest BCUT2D eigenvalue weighted by Crippen LogP contribution is 2.32. The lowest BCUT2D eigenvalue weighted by Crippen LogP contribution is -2.35. The number of anilines is 1. The van der Waals surface area contributed by atoms with Crippen LogP contribution in [0.1, 0.15) is 12.8 Å². The van der Waals surface area contributed by atoms with Crippen molar-refractivity contribution in [2.75, 3.05) is 12.4 Å². The Labute approximate surface area is 127 Å². The van der Waals surface area contributed by atoms with Crippen molar-refractivity contribution in [1.82, 2.24) is 0 Å². The number of aliphatic carboxylic acids is 1. The summed E-state index contributed by atoms with van der Waals surface area (Å²) in [6.07, 6.45) is 2.19. The van der Waals surface area contributed by atoms with E-state index < -0.39 is 17.8 Å². The standard InChI is InChI=1S/C15H16ClNO4/c1-21-11-5-3-10(4-6-11)17-14(18)13-8-9(16)2-7-12(13)15(19)20/h2-6,12-13H,7-8H2,1H3,(H,17,18)(H,19,20)/t12-,13-/m1/s1. The Bertz CT molecular complexity index is 568. The molecule has 0 saturated carbocycles. The number of allylic oxidation sites excluding steroid dienone is 2. The van der Waals surface area contributed by atoms with E-state index in [2.05, 4.69) is 5.32 Å². The highest BCUT2D eigenvalue weighted by atomic mass is 35.5. The lowest BCUT2D eigenvalue weighted by atomic mass is 9.82. The summed E-state index contributed by atoms with van der Waals surface area (Å²) in [6, 6.07) is 6.84. The van der Waals surface area contributed by atoms with Crippen LogP contribution in [0.25, 0.3) is 0 Å². The summed E-state index contributed by atoms with van der Waals surface area (Å²) in [5.41, 5.74) is 0.593. The Morgan fingerprint density at radius 3 is 2.52 bits per heavy atom. The number of carbonyl (C=O) groups is 2. The van der Waals surface area contributed by atoms with Gasteiger partial charge in [-0.25, -0.2) is 0 Å². The molecule has 0 radical (unpaired) electrons. The quantitative estimate of drug-likeness (QED) is 0.896. The monoisotopic (exact) mass is 309 g/mol. The number of carboxylic acid groups (broad SMARTS) is 1. The van der Waals surface area contributed by atoms with Gasteiger partial charge in [0.25, 0.3) is 0 Å². The number of carbonyl (C=O) groups excluding carboxylic acids is 1. The average Bonchev–Trinajstić information content (AvgIpc) is 2.47. The normalized spacial score (nSPS) is 21.3. The minimum Gasteiger partial charge on any atom is -0.497 e. The number of hydrogen-bond acceptors (Lipinski definition) is 3. The molecule has 0 aliphatic heterocycles. The molecule has 1 amide bonds. The number of nitrogens with one attached hydrogen (secondary N) is 1. The molecule has 0 fully saturated rings. The fraction of sp³-hybridized carbons (Fsp3) is 0.333. The van der Waals surface area contributed by atoms with Crippen LogP contribution in [-0.2, 0) is 9.59 Å². The molecule has 0 spiro atoms. The molecular weight excluding hydrogens is 294 g/mol. The highest BCUT2D eigenvalue weighted by molar-refractivity contribution is 6.29. The minimum absolute atomic E-state index is 0.251. The second-order valence-corrected chi connectivity index (χ2v) is 5.35. The number of halogens is 1. The van der Waals surface area contributed by atoms with Crippen molar-refractivity contribution in [2.45, 2.75) is 12.8 Å². The Morgan fingerprint density at radius 1 is 1.29 bits per heavy atom. The van der Waals surface area contributed by atoms with E-state index in [1.165, 1.54) is 0 Å². The molecule has 0 bridgehead atoms. The van der Waals surface area contributed by atoms with Crippen molar-refractivity contribution in [3.63, 3.8) is 0 Å². The van der Waals surface area contributed by atoms with Crippen molar-refractivity contribution in [2.24, 2.45) is 11.8 Å². The molecule has 112 valence electrons. The Balaban J connectivity index is 2.10. The van der Waals surface area contributed by atoms with Crippen LogP contribution in [0.3, 0.4) is 0 Å². The predicted octanol–water partition coefficient (Wildman–Crippen LogP) is 2.87. The molecule has 21 heavy (non-hydrogen) atoms. The lowest BCUT2D eigenvalue weighted by Gasteiger charge is -2.25. The predicted molar refractivity (Wildman–Crippen MR) is 79.4 cm³/mol. The first-order chi connectivity index (χ1) is 10.0. The van der Waals surface area contributed by atoms with E-state index >= 15 is 0 Å². The number of ether oxygens (including phenoxy) is 1. The van der Waals surface area contributed by atoms with E-state index in [0.29, 0.717) is 16.5 Å². The van der Waals surface area contributed by atoms with Gasteiger partial charge in [0.2, 0.25) is 5.91 Å². The molecule has 0 aromatic heterocycles. The molecule has 1 aromatic carbocycles. The second kappa shape index (κ2) is 6.63. The molecule has 2 N–H and O–H groups in total. The molecule has 0 heterocycles. The molecule has 6 heteroatoms. The summed E-state index contributed by atoms with van der Waals surface area (Å²) in [4.78, 5) is 23.5. The summed E-state index contributed by atoms with van der Waals surface area (Å²) in [7, 11) is 1.56. The van der Waals surface area contributed by atoms with E-state index in [-0.39, 0.29) is 18.7 Å². The van der Waals surface area contributed by atoms with Gasteiger partial charge in [0, 0.05) is 10.7 Å². The van der Waals surface area contributed by atoms with Crippen LogP contribution < -0.4 is 10.1 Å².